The molecule has 214 valence electrons. The number of aromatic amines is 1. The molecule has 0 bridgehead atoms. The third-order valence-corrected chi connectivity index (χ3v) is 7.90. The summed E-state index contributed by atoms with van der Waals surface area (Å²) in [6.45, 7) is 1.51. The van der Waals surface area contributed by atoms with Gasteiger partial charge in [0.1, 0.15) is 12.9 Å². The molecular formula is C27H37Cl2N5O5. The average Bonchev–Trinajstić information content (AvgIpc) is 3.51. The first-order valence-corrected chi connectivity index (χ1v) is 13.8. The van der Waals surface area contributed by atoms with Gasteiger partial charge in [0.05, 0.1) is 28.1 Å². The van der Waals surface area contributed by atoms with E-state index in [0.717, 1.165) is 60.4 Å². The van der Waals surface area contributed by atoms with Gasteiger partial charge in [-0.3, -0.25) is 9.59 Å². The summed E-state index contributed by atoms with van der Waals surface area (Å²) >= 11 is 13.1. The highest BCUT2D eigenvalue weighted by Crippen LogP contribution is 2.43. The number of unbranched alkanes of at least 4 members (excludes halogenated alkanes) is 3. The summed E-state index contributed by atoms with van der Waals surface area (Å²) in [6, 6.07) is 1.77. The maximum Gasteiger partial charge on any atom is 0.248 e. The lowest BCUT2D eigenvalue weighted by molar-refractivity contribution is -0.135. The number of halogens is 2. The van der Waals surface area contributed by atoms with Gasteiger partial charge in [0.2, 0.25) is 11.8 Å². The zero-order chi connectivity index (χ0) is 28.5. The number of carbonyl (C=O) groups is 3. The van der Waals surface area contributed by atoms with Crippen LogP contribution in [0.25, 0.3) is 10.9 Å². The van der Waals surface area contributed by atoms with Gasteiger partial charge in [0.15, 0.2) is 0 Å². The fourth-order valence-corrected chi connectivity index (χ4v) is 5.52. The minimum Gasteiger partial charge on any atom is -0.400 e. The number of hydrogen-bond acceptors (Lipinski definition) is 7. The molecule has 2 amide bonds. The Balaban J connectivity index is 0.00000205. The number of aromatic nitrogens is 1. The molecule has 3 heterocycles. The zero-order valence-corrected chi connectivity index (χ0v) is 23.9. The van der Waals surface area contributed by atoms with Crippen LogP contribution < -0.4 is 5.32 Å². The SMILES string of the molecule is CN1C(c2cc(Cl)c(Cl)c3[nH]c4c(c23)CN(C(=O)CO)CC4)C=CN1CCNC(=O)CCCCCC=O.CO. The molecule has 4 rings (SSSR count). The summed E-state index contributed by atoms with van der Waals surface area (Å²) in [5, 5.41) is 25.3. The Bertz CT molecular complexity index is 1200. The van der Waals surface area contributed by atoms with E-state index in [1.807, 2.05) is 24.3 Å². The average molecular weight is 583 g/mol. The number of likely N-dealkylation sites (N-methyl/N-ethyl adjacent to an activating group) is 1. The van der Waals surface area contributed by atoms with Crippen LogP contribution in [0.3, 0.4) is 0 Å². The van der Waals surface area contributed by atoms with Crippen molar-refractivity contribution in [1.29, 1.82) is 0 Å². The molecule has 1 unspecified atom stereocenters. The number of hydrogen-bond donors (Lipinski definition) is 4. The van der Waals surface area contributed by atoms with Crippen LogP contribution in [0.4, 0.5) is 0 Å². The van der Waals surface area contributed by atoms with Gasteiger partial charge in [0.25, 0.3) is 0 Å². The van der Waals surface area contributed by atoms with Crippen molar-refractivity contribution in [2.75, 3.05) is 40.4 Å². The van der Waals surface area contributed by atoms with Gasteiger partial charge in [0, 0.05) is 75.9 Å². The fraction of sp³-hybridized carbons (Fsp3) is 0.519. The number of aliphatic hydroxyl groups excluding tert-OH is 2. The number of fused-ring (bicyclic) bond motifs is 3. The summed E-state index contributed by atoms with van der Waals surface area (Å²) in [5.41, 5.74) is 3.75. The van der Waals surface area contributed by atoms with E-state index in [1.54, 1.807) is 4.90 Å². The Labute approximate surface area is 238 Å². The molecule has 0 aliphatic carbocycles. The van der Waals surface area contributed by atoms with Crippen molar-refractivity contribution < 1.29 is 24.6 Å². The first kappa shape index (κ1) is 30.9. The van der Waals surface area contributed by atoms with Gasteiger partial charge in [-0.1, -0.05) is 29.6 Å². The molecule has 0 radical (unpaired) electrons. The van der Waals surface area contributed by atoms with Gasteiger partial charge in [-0.05, 0) is 30.5 Å². The monoisotopic (exact) mass is 581 g/mol. The highest BCUT2D eigenvalue weighted by atomic mass is 35.5. The molecule has 1 atom stereocenters. The van der Waals surface area contributed by atoms with Crippen LogP contribution in [0, 0.1) is 0 Å². The first-order chi connectivity index (χ1) is 18.8. The smallest absolute Gasteiger partial charge is 0.248 e. The van der Waals surface area contributed by atoms with E-state index in [4.69, 9.17) is 28.3 Å². The van der Waals surface area contributed by atoms with Crippen molar-refractivity contribution in [3.8, 4) is 0 Å². The minimum absolute atomic E-state index is 0.0144. The maximum atomic E-state index is 12.2. The number of aldehydes is 1. The van der Waals surface area contributed by atoms with Crippen molar-refractivity contribution in [3.05, 3.63) is 45.2 Å². The minimum atomic E-state index is -0.517. The zero-order valence-electron chi connectivity index (χ0n) is 22.4. The van der Waals surface area contributed by atoms with Crippen LogP contribution in [-0.2, 0) is 27.3 Å². The highest BCUT2D eigenvalue weighted by molar-refractivity contribution is 6.45. The van der Waals surface area contributed by atoms with Gasteiger partial charge in [-0.15, -0.1) is 0 Å². The second kappa shape index (κ2) is 14.7. The van der Waals surface area contributed by atoms with E-state index < -0.39 is 6.61 Å². The molecule has 0 saturated heterocycles. The lowest BCUT2D eigenvalue weighted by Gasteiger charge is -2.31. The van der Waals surface area contributed by atoms with Gasteiger partial charge in [-0.2, -0.15) is 0 Å². The Hall–Kier alpha value is -2.63. The number of benzene rings is 1. The quantitative estimate of drug-likeness (QED) is 0.237. The molecule has 0 fully saturated rings. The number of carbonyl (C=O) groups excluding carboxylic acids is 3. The largest absolute Gasteiger partial charge is 0.400 e. The molecule has 2 aliphatic rings. The number of H-pyrrole nitrogens is 1. The van der Waals surface area contributed by atoms with Gasteiger partial charge >= 0.3 is 0 Å². The van der Waals surface area contributed by atoms with Gasteiger partial charge in [-0.25, -0.2) is 5.01 Å². The van der Waals surface area contributed by atoms with Crippen LogP contribution in [0.2, 0.25) is 10.0 Å². The molecule has 12 heteroatoms. The molecule has 2 aliphatic heterocycles. The molecule has 2 aromatic rings. The Morgan fingerprint density at radius 1 is 1.23 bits per heavy atom. The van der Waals surface area contributed by atoms with E-state index >= 15 is 0 Å². The van der Waals surface area contributed by atoms with Crippen LogP contribution in [0.5, 0.6) is 0 Å². The molecule has 1 aromatic heterocycles. The van der Waals surface area contributed by atoms with Crippen molar-refractivity contribution in [2.45, 2.75) is 51.1 Å². The molecule has 10 nitrogen and oxygen atoms in total. The highest BCUT2D eigenvalue weighted by Gasteiger charge is 2.31. The number of nitrogens with zero attached hydrogens (tertiary/aromatic N) is 3. The van der Waals surface area contributed by atoms with E-state index in [0.29, 0.717) is 55.5 Å². The topological polar surface area (TPSA) is 129 Å². The number of amides is 2. The summed E-state index contributed by atoms with van der Waals surface area (Å²) < 4.78 is 0. The molecular weight excluding hydrogens is 545 g/mol. The molecule has 4 N–H and O–H groups in total. The van der Waals surface area contributed by atoms with Crippen LogP contribution in [0.15, 0.2) is 18.3 Å². The van der Waals surface area contributed by atoms with E-state index in [9.17, 15) is 19.5 Å². The second-order valence-corrected chi connectivity index (χ2v) is 10.2. The van der Waals surface area contributed by atoms with Crippen LogP contribution in [0.1, 0.15) is 55.0 Å². The number of nitrogens with one attached hydrogen (secondary N) is 2. The molecule has 39 heavy (non-hydrogen) atoms. The summed E-state index contributed by atoms with van der Waals surface area (Å²) in [6.07, 6.45) is 9.10. The number of rotatable bonds is 11. The summed E-state index contributed by atoms with van der Waals surface area (Å²) in [7, 11) is 2.98. The van der Waals surface area contributed by atoms with Crippen molar-refractivity contribution >= 4 is 52.2 Å². The lowest BCUT2D eigenvalue weighted by atomic mass is 9.96. The van der Waals surface area contributed by atoms with E-state index in [1.165, 1.54) is 0 Å². The van der Waals surface area contributed by atoms with Gasteiger partial charge < -0.3 is 35.2 Å². The van der Waals surface area contributed by atoms with Crippen LogP contribution in [-0.4, -0.2) is 88.6 Å². The Morgan fingerprint density at radius 2 is 2.00 bits per heavy atom. The second-order valence-electron chi connectivity index (χ2n) is 9.46. The predicted molar refractivity (Wildman–Crippen MR) is 151 cm³/mol. The third-order valence-electron chi connectivity index (χ3n) is 7.12. The van der Waals surface area contributed by atoms with Crippen molar-refractivity contribution in [2.24, 2.45) is 0 Å². The summed E-state index contributed by atoms with van der Waals surface area (Å²) in [4.78, 5) is 39.8. The number of hydrazine groups is 1. The molecule has 0 saturated carbocycles. The first-order valence-electron chi connectivity index (χ1n) is 13.1. The Morgan fingerprint density at radius 3 is 2.72 bits per heavy atom. The van der Waals surface area contributed by atoms with E-state index in [2.05, 4.69) is 21.4 Å². The van der Waals surface area contributed by atoms with E-state index in [-0.39, 0.29) is 17.9 Å². The lowest BCUT2D eigenvalue weighted by Crippen LogP contribution is -2.39. The normalized spacial score (nSPS) is 16.7. The maximum absolute atomic E-state index is 12.2. The molecule has 1 aromatic carbocycles. The van der Waals surface area contributed by atoms with Crippen molar-refractivity contribution in [3.63, 3.8) is 0 Å². The fourth-order valence-electron chi connectivity index (χ4n) is 5.11. The summed E-state index contributed by atoms with van der Waals surface area (Å²) in [5.74, 6) is -0.283. The third kappa shape index (κ3) is 7.12. The van der Waals surface area contributed by atoms with Crippen molar-refractivity contribution in [1.82, 2.24) is 25.2 Å². The number of aliphatic hydroxyl groups is 2. The predicted octanol–water partition coefficient (Wildman–Crippen LogP) is 2.94. The Kier molecular flexibility index (Phi) is 11.6. The van der Waals surface area contributed by atoms with Crippen LogP contribution >= 0.6 is 23.2 Å². The standard InChI is InChI=1S/C26H33Cl2N5O4.CH4O/c1-31-21(8-11-33(31)12-9-29-22(36)6-4-2-3-5-13-34)17-14-19(27)25(28)26-24(17)18-15-32(23(37)16-35)10-7-20(18)30-26;1-2/h8,11,13-14,21,30,35H,2-7,9-10,12,15-16H2,1H3,(H,29,36);2H,1H3. The molecule has 0 spiro atoms.